The Bertz CT molecular complexity index is 499. The molecular formula is C15H23N3O2Si. The van der Waals surface area contributed by atoms with Crippen LogP contribution in [-0.2, 0) is 9.53 Å². The first-order valence-corrected chi connectivity index (χ1v) is 10.5. The van der Waals surface area contributed by atoms with Gasteiger partial charge in [-0.15, -0.1) is 0 Å². The number of carbonyl (C=O) groups is 1. The molecule has 0 spiro atoms. The minimum atomic E-state index is -1.69. The molecule has 0 saturated carbocycles. The summed E-state index contributed by atoms with van der Waals surface area (Å²) in [6.45, 7) is 6.68. The van der Waals surface area contributed by atoms with Crippen molar-refractivity contribution in [3.8, 4) is 0 Å². The van der Waals surface area contributed by atoms with Gasteiger partial charge in [0.1, 0.15) is 0 Å². The molecule has 21 heavy (non-hydrogen) atoms. The molecule has 0 aliphatic heterocycles. The van der Waals surface area contributed by atoms with Crippen molar-refractivity contribution >= 4 is 19.2 Å². The number of nitrogens with zero attached hydrogens (tertiary/aromatic N) is 3. The Balaban J connectivity index is 2.69. The largest absolute Gasteiger partial charge is 0.466 e. The molecule has 0 fully saturated rings. The van der Waals surface area contributed by atoms with E-state index < -0.39 is 8.07 Å². The summed E-state index contributed by atoms with van der Waals surface area (Å²) in [5.41, 5.74) is 8.73. The molecule has 0 aliphatic carbocycles. The van der Waals surface area contributed by atoms with Crippen LogP contribution in [0.1, 0.15) is 19.8 Å². The molecule has 1 aromatic carbocycles. The van der Waals surface area contributed by atoms with Crippen molar-refractivity contribution in [2.75, 3.05) is 6.61 Å². The summed E-state index contributed by atoms with van der Waals surface area (Å²) < 4.78 is 4.92. The predicted octanol–water partition coefficient (Wildman–Crippen LogP) is 3.62. The van der Waals surface area contributed by atoms with E-state index in [1.54, 1.807) is 6.92 Å². The van der Waals surface area contributed by atoms with Gasteiger partial charge in [-0.1, -0.05) is 53.7 Å². The van der Waals surface area contributed by atoms with Gasteiger partial charge in [0.05, 0.1) is 14.7 Å². The Morgan fingerprint density at radius 1 is 1.38 bits per heavy atom. The molecule has 6 heteroatoms. The lowest BCUT2D eigenvalue weighted by molar-refractivity contribution is -0.143. The van der Waals surface area contributed by atoms with Crippen molar-refractivity contribution in [1.29, 1.82) is 0 Å². The number of benzene rings is 1. The first kappa shape index (κ1) is 17.3. The molecular weight excluding hydrogens is 282 g/mol. The Morgan fingerprint density at radius 2 is 2.05 bits per heavy atom. The number of hydrogen-bond donors (Lipinski definition) is 0. The zero-order valence-corrected chi connectivity index (χ0v) is 14.0. The highest BCUT2D eigenvalue weighted by Gasteiger charge is 2.27. The van der Waals surface area contributed by atoms with E-state index in [2.05, 4.69) is 35.3 Å². The van der Waals surface area contributed by atoms with E-state index in [0.29, 0.717) is 19.4 Å². The molecule has 0 N–H and O–H groups in total. The molecule has 0 amide bonds. The average Bonchev–Trinajstić information content (AvgIpc) is 2.46. The average molecular weight is 305 g/mol. The van der Waals surface area contributed by atoms with E-state index in [-0.39, 0.29) is 12.0 Å². The molecule has 0 aromatic heterocycles. The fourth-order valence-corrected chi connectivity index (χ4v) is 5.18. The predicted molar refractivity (Wildman–Crippen MR) is 87.2 cm³/mol. The van der Waals surface area contributed by atoms with Crippen LogP contribution < -0.4 is 5.19 Å². The zero-order valence-electron chi connectivity index (χ0n) is 13.0. The summed E-state index contributed by atoms with van der Waals surface area (Å²) in [6.07, 6.45) is 0.850. The van der Waals surface area contributed by atoms with Crippen LogP contribution in [0.4, 0.5) is 0 Å². The highest BCUT2D eigenvalue weighted by molar-refractivity contribution is 6.89. The van der Waals surface area contributed by atoms with Crippen LogP contribution in [0.25, 0.3) is 10.4 Å². The van der Waals surface area contributed by atoms with E-state index in [9.17, 15) is 4.79 Å². The molecule has 0 radical (unpaired) electrons. The highest BCUT2D eigenvalue weighted by atomic mass is 28.3. The van der Waals surface area contributed by atoms with Crippen LogP contribution in [0.2, 0.25) is 19.1 Å². The van der Waals surface area contributed by atoms with Crippen LogP contribution in [0.5, 0.6) is 0 Å². The normalized spacial score (nSPS) is 12.3. The molecule has 0 saturated heterocycles. The van der Waals surface area contributed by atoms with Crippen LogP contribution in [0.3, 0.4) is 0 Å². The smallest absolute Gasteiger partial charge is 0.305 e. The van der Waals surface area contributed by atoms with Crippen LogP contribution >= 0.6 is 0 Å². The van der Waals surface area contributed by atoms with Gasteiger partial charge in [0.15, 0.2) is 0 Å². The Hall–Kier alpha value is -1.78. The van der Waals surface area contributed by atoms with Gasteiger partial charge in [-0.3, -0.25) is 4.79 Å². The molecule has 1 aromatic rings. The number of azide groups is 1. The van der Waals surface area contributed by atoms with Crippen molar-refractivity contribution in [1.82, 2.24) is 0 Å². The fraction of sp³-hybridized carbons (Fsp3) is 0.533. The van der Waals surface area contributed by atoms with E-state index in [0.717, 1.165) is 6.04 Å². The second-order valence-corrected chi connectivity index (χ2v) is 10.4. The molecule has 1 unspecified atom stereocenters. The summed E-state index contributed by atoms with van der Waals surface area (Å²) in [6, 6.07) is 11.0. The van der Waals surface area contributed by atoms with Crippen LogP contribution in [-0.4, -0.2) is 26.7 Å². The number of hydrogen-bond acceptors (Lipinski definition) is 3. The monoisotopic (exact) mass is 305 g/mol. The van der Waals surface area contributed by atoms with Crippen molar-refractivity contribution in [3.63, 3.8) is 0 Å². The number of carbonyl (C=O) groups excluding carboxylic acids is 1. The quantitative estimate of drug-likeness (QED) is 0.242. The highest BCUT2D eigenvalue weighted by Crippen LogP contribution is 2.19. The van der Waals surface area contributed by atoms with Gasteiger partial charge in [-0.05, 0) is 24.9 Å². The molecule has 1 atom stereocenters. The van der Waals surface area contributed by atoms with Crippen molar-refractivity contribution in [3.05, 3.63) is 40.8 Å². The number of rotatable bonds is 8. The lowest BCUT2D eigenvalue weighted by Gasteiger charge is -2.26. The van der Waals surface area contributed by atoms with Gasteiger partial charge >= 0.3 is 5.97 Å². The molecule has 114 valence electrons. The topological polar surface area (TPSA) is 75.1 Å². The van der Waals surface area contributed by atoms with Gasteiger partial charge in [-0.25, -0.2) is 0 Å². The van der Waals surface area contributed by atoms with Gasteiger partial charge in [0, 0.05) is 17.4 Å². The lowest BCUT2D eigenvalue weighted by atomic mass is 10.2. The van der Waals surface area contributed by atoms with E-state index >= 15 is 0 Å². The molecule has 0 aliphatic rings. The van der Waals surface area contributed by atoms with Crippen molar-refractivity contribution in [2.24, 2.45) is 5.11 Å². The molecule has 1 rings (SSSR count). The summed E-state index contributed by atoms with van der Waals surface area (Å²) in [7, 11) is -1.69. The van der Waals surface area contributed by atoms with Gasteiger partial charge in [-0.2, -0.15) is 0 Å². The first-order valence-electron chi connectivity index (χ1n) is 7.25. The van der Waals surface area contributed by atoms with Gasteiger partial charge in [0.25, 0.3) is 0 Å². The maximum atomic E-state index is 11.4. The maximum absolute atomic E-state index is 11.4. The summed E-state index contributed by atoms with van der Waals surface area (Å²) in [5, 5.41) is 5.21. The Labute approximate surface area is 127 Å². The summed E-state index contributed by atoms with van der Waals surface area (Å²) >= 11 is 0. The van der Waals surface area contributed by atoms with Crippen LogP contribution in [0, 0.1) is 0 Å². The third-order valence-corrected chi connectivity index (χ3v) is 6.89. The second-order valence-electron chi connectivity index (χ2n) is 5.66. The molecule has 0 bridgehead atoms. The minimum absolute atomic E-state index is 0.152. The van der Waals surface area contributed by atoms with Gasteiger partial charge in [0.2, 0.25) is 0 Å². The SMILES string of the molecule is CCOC(=O)CCC(C[Si](C)(C)c1ccccc1)N=[N+]=[N-]. The lowest BCUT2D eigenvalue weighted by Crippen LogP contribution is -2.43. The third-order valence-electron chi connectivity index (χ3n) is 3.50. The minimum Gasteiger partial charge on any atom is -0.466 e. The molecule has 0 heterocycles. The summed E-state index contributed by atoms with van der Waals surface area (Å²) in [4.78, 5) is 14.4. The Kier molecular flexibility index (Phi) is 6.98. The third kappa shape index (κ3) is 6.02. The zero-order chi connectivity index (χ0) is 15.7. The number of esters is 1. The van der Waals surface area contributed by atoms with E-state index in [1.807, 2.05) is 18.2 Å². The van der Waals surface area contributed by atoms with Crippen molar-refractivity contribution in [2.45, 2.75) is 44.9 Å². The van der Waals surface area contributed by atoms with E-state index in [1.165, 1.54) is 5.19 Å². The van der Waals surface area contributed by atoms with E-state index in [4.69, 9.17) is 10.3 Å². The fourth-order valence-electron chi connectivity index (χ4n) is 2.39. The second kappa shape index (κ2) is 8.49. The molecule has 5 nitrogen and oxygen atoms in total. The summed E-state index contributed by atoms with van der Waals surface area (Å²) in [5.74, 6) is -0.227. The Morgan fingerprint density at radius 3 is 2.62 bits per heavy atom. The number of ether oxygens (including phenoxy) is 1. The maximum Gasteiger partial charge on any atom is 0.305 e. The van der Waals surface area contributed by atoms with Crippen LogP contribution in [0.15, 0.2) is 35.4 Å². The van der Waals surface area contributed by atoms with Gasteiger partial charge < -0.3 is 4.74 Å². The standard InChI is InChI=1S/C15H23N3O2Si/c1-4-20-15(19)11-10-13(17-18-16)12-21(2,3)14-8-6-5-7-9-14/h5-9,13H,4,10-12H2,1-3H3. The first-order chi connectivity index (χ1) is 9.99. The van der Waals surface area contributed by atoms with Crippen molar-refractivity contribution < 1.29 is 9.53 Å².